The first-order chi connectivity index (χ1) is 12.9. The number of aromatic nitrogens is 2. The zero-order valence-corrected chi connectivity index (χ0v) is 18.2. The summed E-state index contributed by atoms with van der Waals surface area (Å²) in [6, 6.07) is -0.492. The maximum atomic E-state index is 12.8. The highest BCUT2D eigenvalue weighted by molar-refractivity contribution is 9.10. The molecular formula is C19H24BrN3O3S. The summed E-state index contributed by atoms with van der Waals surface area (Å²) in [6.45, 7) is 5.64. The maximum absolute atomic E-state index is 12.8. The number of nitrogens with zero attached hydrogens (tertiary/aromatic N) is 2. The quantitative estimate of drug-likeness (QED) is 0.640. The van der Waals surface area contributed by atoms with E-state index in [-0.39, 0.29) is 18.0 Å². The third kappa shape index (κ3) is 4.43. The summed E-state index contributed by atoms with van der Waals surface area (Å²) < 4.78 is 7.97. The summed E-state index contributed by atoms with van der Waals surface area (Å²) in [4.78, 5) is 26.7. The summed E-state index contributed by atoms with van der Waals surface area (Å²) in [7, 11) is 0. The number of rotatable bonds is 6. The van der Waals surface area contributed by atoms with Gasteiger partial charge in [0.05, 0.1) is 22.3 Å². The normalized spacial score (nSPS) is 15.7. The predicted octanol–water partition coefficient (Wildman–Crippen LogP) is 4.74. The van der Waals surface area contributed by atoms with Gasteiger partial charge in [-0.15, -0.1) is 11.3 Å². The predicted molar refractivity (Wildman–Crippen MR) is 109 cm³/mol. The Balaban J connectivity index is 1.86. The Morgan fingerprint density at radius 3 is 2.78 bits per heavy atom. The molecule has 2 aromatic heterocycles. The number of thiophene rings is 1. The van der Waals surface area contributed by atoms with E-state index in [4.69, 9.17) is 4.74 Å². The lowest BCUT2D eigenvalue weighted by atomic mass is 9.95. The van der Waals surface area contributed by atoms with Crippen molar-refractivity contribution in [1.29, 1.82) is 0 Å². The SMILES string of the molecule is CCC(C)OC(=O)c1c(NC(=O)C(C)n2cc(Br)cn2)sc2c1CCCC2. The van der Waals surface area contributed by atoms with Gasteiger partial charge < -0.3 is 10.1 Å². The number of carbonyl (C=O) groups excluding carboxylic acids is 2. The van der Waals surface area contributed by atoms with Crippen LogP contribution < -0.4 is 5.32 Å². The third-order valence-corrected chi connectivity index (χ3v) is 6.46. The Morgan fingerprint density at radius 2 is 2.11 bits per heavy atom. The molecule has 1 aliphatic rings. The van der Waals surface area contributed by atoms with Crippen molar-refractivity contribution >= 4 is 44.1 Å². The monoisotopic (exact) mass is 453 g/mol. The first kappa shape index (κ1) is 20.1. The highest BCUT2D eigenvalue weighted by Gasteiger charge is 2.29. The van der Waals surface area contributed by atoms with Gasteiger partial charge in [0, 0.05) is 11.1 Å². The molecule has 1 N–H and O–H groups in total. The van der Waals surface area contributed by atoms with E-state index in [2.05, 4.69) is 26.3 Å². The first-order valence-corrected chi connectivity index (χ1v) is 10.9. The molecule has 0 aromatic carbocycles. The van der Waals surface area contributed by atoms with Crippen LogP contribution in [0.25, 0.3) is 0 Å². The fourth-order valence-electron chi connectivity index (χ4n) is 3.06. The second-order valence-corrected chi connectivity index (χ2v) is 8.86. The minimum atomic E-state index is -0.492. The van der Waals surface area contributed by atoms with Crippen LogP contribution in [-0.4, -0.2) is 27.8 Å². The summed E-state index contributed by atoms with van der Waals surface area (Å²) in [5.74, 6) is -0.546. The molecule has 0 saturated carbocycles. The lowest BCUT2D eigenvalue weighted by molar-refractivity contribution is -0.119. The van der Waals surface area contributed by atoms with Gasteiger partial charge >= 0.3 is 5.97 Å². The Labute approximate surface area is 171 Å². The van der Waals surface area contributed by atoms with E-state index in [1.54, 1.807) is 24.0 Å². The van der Waals surface area contributed by atoms with Crippen LogP contribution in [0.5, 0.6) is 0 Å². The average Bonchev–Trinajstić information content (AvgIpc) is 3.23. The van der Waals surface area contributed by atoms with E-state index in [1.165, 1.54) is 16.2 Å². The molecule has 27 heavy (non-hydrogen) atoms. The molecule has 1 amide bonds. The Bertz CT molecular complexity index is 845. The number of ether oxygens (including phenoxy) is 1. The second kappa shape index (κ2) is 8.56. The largest absolute Gasteiger partial charge is 0.459 e. The summed E-state index contributed by atoms with van der Waals surface area (Å²) in [6.07, 6.45) is 7.96. The van der Waals surface area contributed by atoms with Crippen molar-refractivity contribution in [1.82, 2.24) is 9.78 Å². The number of anilines is 1. The maximum Gasteiger partial charge on any atom is 0.341 e. The van der Waals surface area contributed by atoms with Crippen molar-refractivity contribution in [3.63, 3.8) is 0 Å². The van der Waals surface area contributed by atoms with Crippen molar-refractivity contribution in [3.8, 4) is 0 Å². The molecule has 2 unspecified atom stereocenters. The van der Waals surface area contributed by atoms with Crippen molar-refractivity contribution in [2.45, 2.75) is 65.0 Å². The van der Waals surface area contributed by atoms with Crippen LogP contribution in [0.3, 0.4) is 0 Å². The van der Waals surface area contributed by atoms with Gasteiger partial charge in [-0.3, -0.25) is 9.48 Å². The average molecular weight is 454 g/mol. The molecule has 2 heterocycles. The fraction of sp³-hybridized carbons (Fsp3) is 0.526. The number of hydrogen-bond acceptors (Lipinski definition) is 5. The van der Waals surface area contributed by atoms with Crippen LogP contribution >= 0.6 is 27.3 Å². The van der Waals surface area contributed by atoms with E-state index >= 15 is 0 Å². The number of carbonyl (C=O) groups is 2. The van der Waals surface area contributed by atoms with Gasteiger partial charge in [0.25, 0.3) is 0 Å². The molecule has 2 atom stereocenters. The van der Waals surface area contributed by atoms with E-state index < -0.39 is 6.04 Å². The summed E-state index contributed by atoms with van der Waals surface area (Å²) >= 11 is 4.84. The lowest BCUT2D eigenvalue weighted by Crippen LogP contribution is -2.25. The molecule has 0 spiro atoms. The van der Waals surface area contributed by atoms with Crippen molar-refractivity contribution in [2.75, 3.05) is 5.32 Å². The molecule has 0 bridgehead atoms. The number of amides is 1. The van der Waals surface area contributed by atoms with Crippen molar-refractivity contribution in [2.24, 2.45) is 0 Å². The van der Waals surface area contributed by atoms with Crippen LogP contribution in [0, 0.1) is 0 Å². The number of aryl methyl sites for hydroxylation is 1. The van der Waals surface area contributed by atoms with Gasteiger partial charge in [0.15, 0.2) is 0 Å². The number of esters is 1. The smallest absolute Gasteiger partial charge is 0.341 e. The molecule has 0 saturated heterocycles. The van der Waals surface area contributed by atoms with Crippen LogP contribution in [0.15, 0.2) is 16.9 Å². The van der Waals surface area contributed by atoms with Crippen LogP contribution in [0.1, 0.15) is 66.9 Å². The number of nitrogens with one attached hydrogen (secondary N) is 1. The van der Waals surface area contributed by atoms with E-state index in [0.717, 1.165) is 42.1 Å². The molecule has 3 rings (SSSR count). The Hall–Kier alpha value is -1.67. The first-order valence-electron chi connectivity index (χ1n) is 9.26. The molecular weight excluding hydrogens is 430 g/mol. The number of hydrogen-bond donors (Lipinski definition) is 1. The van der Waals surface area contributed by atoms with E-state index in [9.17, 15) is 9.59 Å². The number of fused-ring (bicyclic) bond motifs is 1. The molecule has 146 valence electrons. The summed E-state index contributed by atoms with van der Waals surface area (Å²) in [5.41, 5.74) is 1.58. The highest BCUT2D eigenvalue weighted by atomic mass is 79.9. The van der Waals surface area contributed by atoms with Gasteiger partial charge in [0.1, 0.15) is 11.0 Å². The Kier molecular flexibility index (Phi) is 6.37. The van der Waals surface area contributed by atoms with Crippen LogP contribution in [0.4, 0.5) is 5.00 Å². The lowest BCUT2D eigenvalue weighted by Gasteiger charge is -2.16. The second-order valence-electron chi connectivity index (χ2n) is 6.84. The summed E-state index contributed by atoms with van der Waals surface area (Å²) in [5, 5.41) is 7.72. The molecule has 0 aliphatic heterocycles. The molecule has 0 radical (unpaired) electrons. The van der Waals surface area contributed by atoms with E-state index in [0.29, 0.717) is 10.6 Å². The Morgan fingerprint density at radius 1 is 1.37 bits per heavy atom. The van der Waals surface area contributed by atoms with Gasteiger partial charge in [-0.2, -0.15) is 5.10 Å². The third-order valence-electron chi connectivity index (χ3n) is 4.84. The molecule has 0 fully saturated rings. The van der Waals surface area contributed by atoms with Gasteiger partial charge in [-0.1, -0.05) is 6.92 Å². The zero-order valence-electron chi connectivity index (χ0n) is 15.8. The molecule has 6 nitrogen and oxygen atoms in total. The standard InChI is InChI=1S/C19H24BrN3O3S/c1-4-11(2)26-19(25)16-14-7-5-6-8-15(14)27-18(16)22-17(24)12(3)23-10-13(20)9-21-23/h9-12H,4-8H2,1-3H3,(H,22,24). The van der Waals surface area contributed by atoms with Crippen molar-refractivity contribution in [3.05, 3.63) is 32.9 Å². The van der Waals surface area contributed by atoms with E-state index in [1.807, 2.05) is 13.8 Å². The topological polar surface area (TPSA) is 73.2 Å². The van der Waals surface area contributed by atoms with Gasteiger partial charge in [0.2, 0.25) is 5.91 Å². The highest BCUT2D eigenvalue weighted by Crippen LogP contribution is 2.39. The van der Waals surface area contributed by atoms with Gasteiger partial charge in [-0.05, 0) is 67.4 Å². The fourth-order valence-corrected chi connectivity index (χ4v) is 4.64. The number of halogens is 1. The molecule has 8 heteroatoms. The molecule has 1 aliphatic carbocycles. The van der Waals surface area contributed by atoms with Crippen molar-refractivity contribution < 1.29 is 14.3 Å². The minimum absolute atomic E-state index is 0.152. The van der Waals surface area contributed by atoms with Gasteiger partial charge in [-0.25, -0.2) is 4.79 Å². The molecule has 2 aromatic rings. The van der Waals surface area contributed by atoms with Crippen LogP contribution in [-0.2, 0) is 22.4 Å². The zero-order chi connectivity index (χ0) is 19.6. The minimum Gasteiger partial charge on any atom is -0.459 e. The van der Waals surface area contributed by atoms with Crippen LogP contribution in [0.2, 0.25) is 0 Å².